The summed E-state index contributed by atoms with van der Waals surface area (Å²) in [5, 5.41) is 0. The molecular formula is C19H20GeN2. The van der Waals surface area contributed by atoms with Crippen LogP contribution in [-0.2, 0) is 0 Å². The van der Waals surface area contributed by atoms with E-state index in [-0.39, 0.29) is 0 Å². The van der Waals surface area contributed by atoms with Crippen molar-refractivity contribution in [2.75, 3.05) is 0 Å². The van der Waals surface area contributed by atoms with Crippen molar-refractivity contribution in [3.05, 3.63) is 66.9 Å². The quantitative estimate of drug-likeness (QED) is 0.657. The SMILES string of the molecule is [CH3][Ge]([CH3])([CH3])[c]1ccc(-c2cccc(-c3ccccc3)n2)nc1. The molecular weight excluding hydrogens is 329 g/mol. The number of nitrogens with zero attached hydrogens (tertiary/aromatic N) is 2. The first-order chi connectivity index (χ1) is 10.5. The summed E-state index contributed by atoms with van der Waals surface area (Å²) < 4.78 is 1.42. The van der Waals surface area contributed by atoms with Gasteiger partial charge in [-0.25, -0.2) is 0 Å². The van der Waals surface area contributed by atoms with Crippen LogP contribution in [0.4, 0.5) is 0 Å². The minimum absolute atomic E-state index is 0.925. The molecule has 3 aromatic rings. The number of aromatic nitrogens is 2. The Balaban J connectivity index is 1.96. The van der Waals surface area contributed by atoms with E-state index in [1.807, 2.05) is 42.6 Å². The predicted octanol–water partition coefficient (Wildman–Crippen LogP) is 4.36. The summed E-state index contributed by atoms with van der Waals surface area (Å²) in [6, 6.07) is 20.7. The fourth-order valence-corrected chi connectivity index (χ4v) is 4.51. The molecule has 0 aliphatic carbocycles. The summed E-state index contributed by atoms with van der Waals surface area (Å²) in [6.45, 7) is 0. The van der Waals surface area contributed by atoms with E-state index >= 15 is 0 Å². The van der Waals surface area contributed by atoms with Crippen LogP contribution in [-0.4, -0.2) is 23.2 Å². The van der Waals surface area contributed by atoms with Gasteiger partial charge in [0.25, 0.3) is 0 Å². The van der Waals surface area contributed by atoms with Crippen molar-refractivity contribution in [2.45, 2.75) is 17.3 Å². The summed E-state index contributed by atoms with van der Waals surface area (Å²) >= 11 is -1.80. The van der Waals surface area contributed by atoms with E-state index in [1.165, 1.54) is 4.40 Å². The molecule has 0 bridgehead atoms. The van der Waals surface area contributed by atoms with Gasteiger partial charge in [0.05, 0.1) is 0 Å². The normalized spacial score (nSPS) is 11.4. The van der Waals surface area contributed by atoms with E-state index in [0.717, 1.165) is 22.6 Å². The third-order valence-electron chi connectivity index (χ3n) is 3.71. The minimum atomic E-state index is -1.80. The molecule has 2 aromatic heterocycles. The van der Waals surface area contributed by atoms with Crippen LogP contribution in [0.1, 0.15) is 0 Å². The molecule has 0 amide bonds. The summed E-state index contributed by atoms with van der Waals surface area (Å²) in [7, 11) is 0. The Morgan fingerprint density at radius 2 is 1.41 bits per heavy atom. The molecule has 0 unspecified atom stereocenters. The van der Waals surface area contributed by atoms with Crippen LogP contribution < -0.4 is 4.40 Å². The van der Waals surface area contributed by atoms with Crippen LogP contribution in [0.2, 0.25) is 17.3 Å². The van der Waals surface area contributed by atoms with E-state index in [1.54, 1.807) is 0 Å². The molecule has 2 heterocycles. The van der Waals surface area contributed by atoms with Gasteiger partial charge in [-0.2, -0.15) is 0 Å². The topological polar surface area (TPSA) is 25.8 Å². The molecule has 22 heavy (non-hydrogen) atoms. The van der Waals surface area contributed by atoms with Gasteiger partial charge in [-0.3, -0.25) is 0 Å². The number of benzene rings is 1. The zero-order valence-corrected chi connectivity index (χ0v) is 15.3. The molecule has 3 rings (SSSR count). The molecule has 0 saturated heterocycles. The van der Waals surface area contributed by atoms with Gasteiger partial charge in [0.15, 0.2) is 0 Å². The standard InChI is InChI=1S/C19H20GeN2/c1-20(2,3)16-12-13-18(21-14-16)19-11-7-10-17(22-19)15-8-5-4-6-9-15/h4-14H,1-3H3. The maximum atomic E-state index is 4.76. The third-order valence-corrected chi connectivity index (χ3v) is 7.97. The number of pyridine rings is 2. The Bertz CT molecular complexity index is 759. The van der Waals surface area contributed by atoms with Gasteiger partial charge in [-0.1, -0.05) is 0 Å². The third kappa shape index (κ3) is 3.28. The van der Waals surface area contributed by atoms with E-state index in [0.29, 0.717) is 0 Å². The second kappa shape index (κ2) is 6.05. The molecule has 0 aliphatic rings. The van der Waals surface area contributed by atoms with E-state index in [4.69, 9.17) is 4.98 Å². The van der Waals surface area contributed by atoms with Crippen LogP contribution in [0, 0.1) is 0 Å². The van der Waals surface area contributed by atoms with Crippen LogP contribution in [0.3, 0.4) is 0 Å². The molecule has 0 radical (unpaired) electrons. The number of hydrogen-bond acceptors (Lipinski definition) is 2. The second-order valence-electron chi connectivity index (χ2n) is 6.46. The van der Waals surface area contributed by atoms with Crippen molar-refractivity contribution < 1.29 is 0 Å². The Morgan fingerprint density at radius 3 is 2.05 bits per heavy atom. The zero-order valence-electron chi connectivity index (χ0n) is 13.2. The molecule has 110 valence electrons. The molecule has 0 N–H and O–H groups in total. The fraction of sp³-hybridized carbons (Fsp3) is 0.158. The number of hydrogen-bond donors (Lipinski definition) is 0. The summed E-state index contributed by atoms with van der Waals surface area (Å²) in [6.07, 6.45) is 2.03. The fourth-order valence-electron chi connectivity index (χ4n) is 2.34. The molecule has 2 nitrogen and oxygen atoms in total. The summed E-state index contributed by atoms with van der Waals surface area (Å²) in [5.74, 6) is 7.14. The van der Waals surface area contributed by atoms with Gasteiger partial charge in [0, 0.05) is 0 Å². The van der Waals surface area contributed by atoms with Gasteiger partial charge in [-0.05, 0) is 0 Å². The molecule has 0 atom stereocenters. The van der Waals surface area contributed by atoms with Crippen molar-refractivity contribution in [1.29, 1.82) is 0 Å². The first-order valence-corrected chi connectivity index (χ1v) is 14.9. The van der Waals surface area contributed by atoms with E-state index < -0.39 is 13.3 Å². The number of rotatable bonds is 3. The monoisotopic (exact) mass is 350 g/mol. The zero-order chi connectivity index (χ0) is 15.6. The Kier molecular flexibility index (Phi) is 4.12. The summed E-state index contributed by atoms with van der Waals surface area (Å²) in [5.41, 5.74) is 3.98. The maximum absolute atomic E-state index is 4.76. The van der Waals surface area contributed by atoms with Crippen molar-refractivity contribution >= 4 is 17.7 Å². The summed E-state index contributed by atoms with van der Waals surface area (Å²) in [4.78, 5) is 9.39. The van der Waals surface area contributed by atoms with E-state index in [9.17, 15) is 0 Å². The van der Waals surface area contributed by atoms with Crippen molar-refractivity contribution in [2.24, 2.45) is 0 Å². The van der Waals surface area contributed by atoms with Gasteiger partial charge in [-0.15, -0.1) is 0 Å². The molecule has 0 aliphatic heterocycles. The van der Waals surface area contributed by atoms with Gasteiger partial charge >= 0.3 is 134 Å². The molecule has 0 saturated carbocycles. The van der Waals surface area contributed by atoms with Crippen LogP contribution in [0.25, 0.3) is 22.6 Å². The van der Waals surface area contributed by atoms with Crippen molar-refractivity contribution in [3.8, 4) is 22.6 Å². The van der Waals surface area contributed by atoms with Crippen LogP contribution >= 0.6 is 0 Å². The molecule has 1 aromatic carbocycles. The Morgan fingerprint density at radius 1 is 0.682 bits per heavy atom. The Hall–Kier alpha value is -1.94. The van der Waals surface area contributed by atoms with Crippen LogP contribution in [0.15, 0.2) is 66.9 Å². The Labute approximate surface area is 134 Å². The molecule has 0 spiro atoms. The van der Waals surface area contributed by atoms with Crippen molar-refractivity contribution in [3.63, 3.8) is 0 Å². The van der Waals surface area contributed by atoms with Crippen molar-refractivity contribution in [1.82, 2.24) is 9.97 Å². The average Bonchev–Trinajstić information content (AvgIpc) is 2.55. The first-order valence-electron chi connectivity index (χ1n) is 7.53. The average molecular weight is 349 g/mol. The second-order valence-corrected chi connectivity index (χ2v) is 17.1. The van der Waals surface area contributed by atoms with Gasteiger partial charge < -0.3 is 0 Å². The van der Waals surface area contributed by atoms with Gasteiger partial charge in [0.2, 0.25) is 0 Å². The first kappa shape index (κ1) is 15.0. The predicted molar refractivity (Wildman–Crippen MR) is 95.9 cm³/mol. The van der Waals surface area contributed by atoms with Gasteiger partial charge in [0.1, 0.15) is 0 Å². The van der Waals surface area contributed by atoms with Crippen LogP contribution in [0.5, 0.6) is 0 Å². The molecule has 3 heteroatoms. The molecule has 0 fully saturated rings. The van der Waals surface area contributed by atoms with E-state index in [2.05, 4.69) is 46.5 Å².